The van der Waals surface area contributed by atoms with Gasteiger partial charge in [-0.1, -0.05) is 42.4 Å². The molecule has 0 fully saturated rings. The van der Waals surface area contributed by atoms with Crippen LogP contribution in [-0.4, -0.2) is 22.7 Å². The van der Waals surface area contributed by atoms with Gasteiger partial charge in [0.2, 0.25) is 11.7 Å². The molecule has 6 heteroatoms. The zero-order chi connectivity index (χ0) is 16.8. The van der Waals surface area contributed by atoms with E-state index in [0.29, 0.717) is 29.4 Å². The number of anilines is 1. The Labute approximate surface area is 139 Å². The summed E-state index contributed by atoms with van der Waals surface area (Å²) in [7, 11) is 0. The van der Waals surface area contributed by atoms with E-state index in [2.05, 4.69) is 15.5 Å². The molecule has 0 bridgehead atoms. The van der Waals surface area contributed by atoms with Crippen molar-refractivity contribution in [3.63, 3.8) is 0 Å². The van der Waals surface area contributed by atoms with E-state index in [4.69, 9.17) is 9.26 Å². The molecule has 0 aliphatic heterocycles. The fourth-order valence-corrected chi connectivity index (χ4v) is 2.15. The number of nitrogens with one attached hydrogen (secondary N) is 1. The normalized spacial score (nSPS) is 10.4. The van der Waals surface area contributed by atoms with E-state index in [9.17, 15) is 4.79 Å². The Hall–Kier alpha value is -3.15. The molecule has 0 aliphatic rings. The molecule has 3 aromatic rings. The first-order chi connectivity index (χ1) is 11.8. The van der Waals surface area contributed by atoms with Crippen molar-refractivity contribution in [3.05, 3.63) is 60.5 Å². The molecule has 0 unspecified atom stereocenters. The molecule has 0 radical (unpaired) electrons. The largest absolute Gasteiger partial charge is 0.483 e. The third-order valence-electron chi connectivity index (χ3n) is 3.31. The summed E-state index contributed by atoms with van der Waals surface area (Å²) in [5, 5.41) is 6.72. The molecule has 0 saturated heterocycles. The highest BCUT2D eigenvalue weighted by Gasteiger charge is 2.13. The highest BCUT2D eigenvalue weighted by Crippen LogP contribution is 2.27. The van der Waals surface area contributed by atoms with Crippen molar-refractivity contribution in [3.8, 4) is 17.1 Å². The first-order valence-electron chi connectivity index (χ1n) is 7.66. The van der Waals surface area contributed by atoms with Gasteiger partial charge in [0.25, 0.3) is 5.91 Å². The van der Waals surface area contributed by atoms with Crippen molar-refractivity contribution in [1.29, 1.82) is 0 Å². The first-order valence-corrected chi connectivity index (χ1v) is 7.66. The van der Waals surface area contributed by atoms with Gasteiger partial charge in [-0.15, -0.1) is 0 Å². The third-order valence-corrected chi connectivity index (χ3v) is 3.31. The van der Waals surface area contributed by atoms with Crippen molar-refractivity contribution in [2.45, 2.75) is 13.3 Å². The summed E-state index contributed by atoms with van der Waals surface area (Å²) in [6, 6.07) is 16.5. The summed E-state index contributed by atoms with van der Waals surface area (Å²) >= 11 is 0. The van der Waals surface area contributed by atoms with Crippen molar-refractivity contribution in [2.75, 3.05) is 11.9 Å². The van der Waals surface area contributed by atoms with Crippen molar-refractivity contribution >= 4 is 11.6 Å². The minimum Gasteiger partial charge on any atom is -0.483 e. The summed E-state index contributed by atoms with van der Waals surface area (Å²) in [5.74, 6) is 1.30. The zero-order valence-corrected chi connectivity index (χ0v) is 13.2. The molecule has 3 rings (SSSR count). The van der Waals surface area contributed by atoms with Crippen LogP contribution in [0.5, 0.6) is 5.75 Å². The van der Waals surface area contributed by atoms with Crippen LogP contribution in [0.3, 0.4) is 0 Å². The van der Waals surface area contributed by atoms with Crippen LogP contribution in [0.4, 0.5) is 5.69 Å². The molecule has 1 heterocycles. The molecular weight excluding hydrogens is 306 g/mol. The van der Waals surface area contributed by atoms with E-state index < -0.39 is 0 Å². The maximum Gasteiger partial charge on any atom is 0.262 e. The Morgan fingerprint density at radius 2 is 1.88 bits per heavy atom. The van der Waals surface area contributed by atoms with E-state index in [-0.39, 0.29) is 12.5 Å². The number of para-hydroxylation sites is 2. The zero-order valence-electron chi connectivity index (χ0n) is 13.2. The SMILES string of the molecule is CCc1nc(-c2ccccc2OCC(=O)Nc2ccccc2)no1. The summed E-state index contributed by atoms with van der Waals surface area (Å²) in [6.07, 6.45) is 0.662. The van der Waals surface area contributed by atoms with Crippen LogP contribution >= 0.6 is 0 Å². The predicted octanol–water partition coefficient (Wildman–Crippen LogP) is 3.32. The van der Waals surface area contributed by atoms with E-state index in [1.165, 1.54) is 0 Å². The topological polar surface area (TPSA) is 77.2 Å². The highest BCUT2D eigenvalue weighted by atomic mass is 16.5. The quantitative estimate of drug-likeness (QED) is 0.753. The maximum absolute atomic E-state index is 12.0. The molecule has 0 atom stereocenters. The Balaban J connectivity index is 1.68. The van der Waals surface area contributed by atoms with Crippen molar-refractivity contribution in [1.82, 2.24) is 10.1 Å². The summed E-state index contributed by atoms with van der Waals surface area (Å²) in [6.45, 7) is 1.83. The molecule has 6 nitrogen and oxygen atoms in total. The molecule has 122 valence electrons. The van der Waals surface area contributed by atoms with E-state index in [1.54, 1.807) is 6.07 Å². The van der Waals surface area contributed by atoms with E-state index in [1.807, 2.05) is 55.5 Å². The van der Waals surface area contributed by atoms with E-state index >= 15 is 0 Å². The Bertz CT molecular complexity index is 815. The average Bonchev–Trinajstić information content (AvgIpc) is 3.10. The van der Waals surface area contributed by atoms with Crippen LogP contribution in [0.15, 0.2) is 59.1 Å². The molecule has 1 amide bonds. The number of ether oxygens (including phenoxy) is 1. The number of rotatable bonds is 6. The molecular formula is C18H17N3O3. The number of hydrogen-bond donors (Lipinski definition) is 1. The van der Waals surface area contributed by atoms with E-state index in [0.717, 1.165) is 5.69 Å². The molecule has 1 aromatic heterocycles. The first kappa shape index (κ1) is 15.7. The highest BCUT2D eigenvalue weighted by molar-refractivity contribution is 5.91. The monoisotopic (exact) mass is 323 g/mol. The number of hydrogen-bond acceptors (Lipinski definition) is 5. The minimum atomic E-state index is -0.238. The lowest BCUT2D eigenvalue weighted by Crippen LogP contribution is -2.20. The number of benzene rings is 2. The number of carbonyl (C=O) groups is 1. The van der Waals surface area contributed by atoms with Gasteiger partial charge >= 0.3 is 0 Å². The van der Waals surface area contributed by atoms with Crippen LogP contribution < -0.4 is 10.1 Å². The van der Waals surface area contributed by atoms with Gasteiger partial charge < -0.3 is 14.6 Å². The molecule has 24 heavy (non-hydrogen) atoms. The summed E-state index contributed by atoms with van der Waals surface area (Å²) < 4.78 is 10.8. The second kappa shape index (κ2) is 7.41. The number of nitrogens with zero attached hydrogens (tertiary/aromatic N) is 2. The average molecular weight is 323 g/mol. The minimum absolute atomic E-state index is 0.107. The second-order valence-corrected chi connectivity index (χ2v) is 5.06. The van der Waals surface area contributed by atoms with Crippen LogP contribution in [0.1, 0.15) is 12.8 Å². The molecule has 0 saturated carbocycles. The number of aromatic nitrogens is 2. The van der Waals surface area contributed by atoms with Gasteiger partial charge in [0.1, 0.15) is 5.75 Å². The lowest BCUT2D eigenvalue weighted by atomic mass is 10.2. The Kier molecular flexibility index (Phi) is 4.86. The third kappa shape index (κ3) is 3.78. The van der Waals surface area contributed by atoms with Gasteiger partial charge in [-0.3, -0.25) is 4.79 Å². The lowest BCUT2D eigenvalue weighted by Gasteiger charge is -2.09. The van der Waals surface area contributed by atoms with Crippen LogP contribution in [-0.2, 0) is 11.2 Å². The van der Waals surface area contributed by atoms with Crippen LogP contribution in [0, 0.1) is 0 Å². The van der Waals surface area contributed by atoms with Crippen LogP contribution in [0.2, 0.25) is 0 Å². The van der Waals surface area contributed by atoms with Crippen molar-refractivity contribution in [2.24, 2.45) is 0 Å². The summed E-state index contributed by atoms with van der Waals surface area (Å²) in [4.78, 5) is 16.3. The van der Waals surface area contributed by atoms with Gasteiger partial charge in [0.15, 0.2) is 6.61 Å². The van der Waals surface area contributed by atoms with Gasteiger partial charge in [-0.05, 0) is 24.3 Å². The molecule has 1 N–H and O–H groups in total. The second-order valence-electron chi connectivity index (χ2n) is 5.06. The standard InChI is InChI=1S/C18H17N3O3/c1-2-17-20-18(21-24-17)14-10-6-7-11-15(14)23-12-16(22)19-13-8-4-3-5-9-13/h3-11H,2,12H2,1H3,(H,19,22). The molecule has 2 aromatic carbocycles. The van der Waals surface area contributed by atoms with Crippen LogP contribution in [0.25, 0.3) is 11.4 Å². The predicted molar refractivity (Wildman–Crippen MR) is 89.7 cm³/mol. The Morgan fingerprint density at radius 1 is 1.12 bits per heavy atom. The fourth-order valence-electron chi connectivity index (χ4n) is 2.15. The number of carbonyl (C=O) groups excluding carboxylic acids is 1. The lowest BCUT2D eigenvalue weighted by molar-refractivity contribution is -0.118. The fraction of sp³-hybridized carbons (Fsp3) is 0.167. The van der Waals surface area contributed by atoms with Gasteiger partial charge in [-0.25, -0.2) is 0 Å². The Morgan fingerprint density at radius 3 is 2.62 bits per heavy atom. The van der Waals surface area contributed by atoms with Gasteiger partial charge in [0, 0.05) is 12.1 Å². The summed E-state index contributed by atoms with van der Waals surface area (Å²) in [5.41, 5.74) is 1.42. The van der Waals surface area contributed by atoms with Gasteiger partial charge in [0.05, 0.1) is 5.56 Å². The smallest absolute Gasteiger partial charge is 0.262 e. The van der Waals surface area contributed by atoms with Gasteiger partial charge in [-0.2, -0.15) is 4.98 Å². The number of amides is 1. The number of aryl methyl sites for hydroxylation is 1. The maximum atomic E-state index is 12.0. The molecule has 0 aliphatic carbocycles. The van der Waals surface area contributed by atoms with Crippen molar-refractivity contribution < 1.29 is 14.1 Å². The molecule has 0 spiro atoms.